The number of hydrogen-bond acceptors (Lipinski definition) is 6. The third-order valence-electron chi connectivity index (χ3n) is 6.49. The molecule has 2 N–H and O–H groups in total. The zero-order chi connectivity index (χ0) is 31.1. The minimum absolute atomic E-state index is 0.0177. The number of rotatable bonds is 11. The highest BCUT2D eigenvalue weighted by atomic mass is 32.2. The molecule has 1 heterocycles. The number of anilines is 2. The smallest absolute Gasteiger partial charge is 0.446 e. The fourth-order valence-electron chi connectivity index (χ4n) is 4.43. The van der Waals surface area contributed by atoms with Crippen molar-refractivity contribution in [2.45, 2.75) is 23.4 Å². The zero-order valence-corrected chi connectivity index (χ0v) is 24.8. The van der Waals surface area contributed by atoms with Crippen LogP contribution >= 0.6 is 23.1 Å². The highest BCUT2D eigenvalue weighted by Gasteiger charge is 2.29. The van der Waals surface area contributed by atoms with E-state index in [4.69, 9.17) is 10.1 Å². The van der Waals surface area contributed by atoms with Gasteiger partial charge in [-0.25, -0.2) is 4.98 Å². The van der Waals surface area contributed by atoms with E-state index in [1.54, 1.807) is 36.4 Å². The summed E-state index contributed by atoms with van der Waals surface area (Å²) in [5.74, 6) is -1.38. The minimum Gasteiger partial charge on any atom is -0.481 e. The van der Waals surface area contributed by atoms with E-state index < -0.39 is 11.5 Å². The van der Waals surface area contributed by atoms with Gasteiger partial charge >= 0.3 is 11.5 Å². The molecule has 0 saturated heterocycles. The number of alkyl halides is 3. The van der Waals surface area contributed by atoms with Crippen molar-refractivity contribution in [2.24, 2.45) is 0 Å². The third kappa shape index (κ3) is 8.06. The van der Waals surface area contributed by atoms with Crippen LogP contribution in [0.25, 0.3) is 21.7 Å². The minimum atomic E-state index is -4.40. The van der Waals surface area contributed by atoms with Gasteiger partial charge in [0, 0.05) is 28.3 Å². The molecule has 0 radical (unpaired) electrons. The van der Waals surface area contributed by atoms with Crippen molar-refractivity contribution < 1.29 is 27.9 Å². The topological polar surface area (TPSA) is 82.5 Å². The van der Waals surface area contributed by atoms with Gasteiger partial charge in [-0.05, 0) is 59.3 Å². The molecule has 0 aliphatic carbocycles. The van der Waals surface area contributed by atoms with Gasteiger partial charge in [-0.1, -0.05) is 84.1 Å². The fourth-order valence-corrected chi connectivity index (χ4v) is 6.08. The average molecular weight is 634 g/mol. The molecule has 1 amide bonds. The number of carboxylic acids is 1. The summed E-state index contributed by atoms with van der Waals surface area (Å²) in [5.41, 5.74) is 0.186. The van der Waals surface area contributed by atoms with Gasteiger partial charge in [0.25, 0.3) is 5.91 Å². The molecule has 6 nitrogen and oxygen atoms in total. The molecule has 0 saturated carbocycles. The lowest BCUT2D eigenvalue weighted by Crippen LogP contribution is -2.26. The molecule has 0 aliphatic rings. The van der Waals surface area contributed by atoms with E-state index in [-0.39, 0.29) is 35.5 Å². The number of thiazole rings is 1. The number of aromatic nitrogens is 1. The second-order valence-corrected chi connectivity index (χ2v) is 11.7. The number of carbonyl (C=O) groups is 2. The first kappa shape index (κ1) is 30.8. The maximum absolute atomic E-state index is 13.0. The van der Waals surface area contributed by atoms with Gasteiger partial charge in [0.2, 0.25) is 0 Å². The summed E-state index contributed by atoms with van der Waals surface area (Å²) in [6.07, 6.45) is -0.178. The average Bonchev–Trinajstić information content (AvgIpc) is 3.46. The number of nitrogens with one attached hydrogen (secondary N) is 1. The Morgan fingerprint density at radius 1 is 0.841 bits per heavy atom. The third-order valence-corrected chi connectivity index (χ3v) is 8.36. The van der Waals surface area contributed by atoms with Crippen molar-refractivity contribution in [3.8, 4) is 21.7 Å². The number of benzene rings is 4. The van der Waals surface area contributed by atoms with E-state index in [1.807, 2.05) is 65.6 Å². The Hall–Kier alpha value is -4.61. The van der Waals surface area contributed by atoms with Crippen LogP contribution in [0, 0.1) is 0 Å². The molecule has 1 aromatic heterocycles. The Morgan fingerprint density at radius 2 is 1.45 bits per heavy atom. The molecular formula is C33H26F3N3O3S2. The van der Waals surface area contributed by atoms with Gasteiger partial charge < -0.3 is 15.3 Å². The first-order chi connectivity index (χ1) is 21.2. The summed E-state index contributed by atoms with van der Waals surface area (Å²) < 4.78 is 39.0. The van der Waals surface area contributed by atoms with Crippen LogP contribution in [0.2, 0.25) is 0 Å². The number of thioether (sulfide) groups is 1. The second kappa shape index (κ2) is 13.8. The Kier molecular flexibility index (Phi) is 9.66. The number of carboxylic acid groups (broad SMARTS) is 1. The Balaban J connectivity index is 1.51. The molecule has 224 valence electrons. The van der Waals surface area contributed by atoms with Crippen LogP contribution in [0.4, 0.5) is 24.0 Å². The Bertz CT molecular complexity index is 1650. The molecule has 0 unspecified atom stereocenters. The number of carbonyl (C=O) groups excluding carboxylic acids is 1. The first-order valence-electron chi connectivity index (χ1n) is 13.5. The van der Waals surface area contributed by atoms with Crippen molar-refractivity contribution in [2.75, 3.05) is 11.4 Å². The molecule has 11 heteroatoms. The van der Waals surface area contributed by atoms with Crippen molar-refractivity contribution in [3.05, 3.63) is 120 Å². The normalized spacial score (nSPS) is 11.2. The van der Waals surface area contributed by atoms with Crippen LogP contribution < -0.4 is 10.2 Å². The van der Waals surface area contributed by atoms with Gasteiger partial charge in [-0.3, -0.25) is 9.59 Å². The molecule has 0 atom stereocenters. The van der Waals surface area contributed by atoms with E-state index in [0.717, 1.165) is 27.3 Å². The summed E-state index contributed by atoms with van der Waals surface area (Å²) in [5, 5.41) is 12.0. The monoisotopic (exact) mass is 633 g/mol. The number of hydrogen-bond donors (Lipinski definition) is 2. The van der Waals surface area contributed by atoms with Gasteiger partial charge in [0.15, 0.2) is 5.13 Å². The molecule has 5 rings (SSSR count). The highest BCUT2D eigenvalue weighted by molar-refractivity contribution is 8.00. The van der Waals surface area contributed by atoms with Gasteiger partial charge in [0.1, 0.15) is 0 Å². The summed E-state index contributed by atoms with van der Waals surface area (Å²) in [6.45, 7) is 0.340. The quantitative estimate of drug-likeness (QED) is 0.142. The molecule has 4 aromatic carbocycles. The van der Waals surface area contributed by atoms with Crippen LogP contribution in [0.5, 0.6) is 0 Å². The lowest BCUT2D eigenvalue weighted by Gasteiger charge is -2.23. The molecule has 0 aliphatic heterocycles. The summed E-state index contributed by atoms with van der Waals surface area (Å²) in [7, 11) is 0. The maximum Gasteiger partial charge on any atom is 0.446 e. The molecular weight excluding hydrogens is 608 g/mol. The maximum atomic E-state index is 13.0. The van der Waals surface area contributed by atoms with Crippen molar-refractivity contribution >= 4 is 45.8 Å². The van der Waals surface area contributed by atoms with Crippen molar-refractivity contribution in [1.82, 2.24) is 10.3 Å². The highest BCUT2D eigenvalue weighted by Crippen LogP contribution is 2.43. The van der Waals surface area contributed by atoms with E-state index >= 15 is 0 Å². The van der Waals surface area contributed by atoms with Crippen LogP contribution in [-0.2, 0) is 11.3 Å². The van der Waals surface area contributed by atoms with E-state index in [0.29, 0.717) is 22.9 Å². The molecule has 0 bridgehead atoms. The van der Waals surface area contributed by atoms with Gasteiger partial charge in [-0.2, -0.15) is 13.2 Å². The van der Waals surface area contributed by atoms with E-state index in [1.165, 1.54) is 23.5 Å². The second-order valence-electron chi connectivity index (χ2n) is 9.63. The predicted molar refractivity (Wildman–Crippen MR) is 168 cm³/mol. The number of aliphatic carboxylic acids is 1. The van der Waals surface area contributed by atoms with Crippen LogP contribution in [0.3, 0.4) is 0 Å². The zero-order valence-electron chi connectivity index (χ0n) is 23.1. The fraction of sp³-hybridized carbons (Fsp3) is 0.121. The summed E-state index contributed by atoms with van der Waals surface area (Å²) >= 11 is 1.31. The summed E-state index contributed by atoms with van der Waals surface area (Å²) in [4.78, 5) is 31.2. The number of halogens is 3. The molecule has 5 aromatic rings. The van der Waals surface area contributed by atoms with Crippen molar-refractivity contribution in [3.63, 3.8) is 0 Å². The predicted octanol–water partition coefficient (Wildman–Crippen LogP) is 8.63. The SMILES string of the molecule is O=C(O)CCNC(=O)c1ccc(CN(c2ccc(SC(F)(F)F)cc2)c2nc(-c3ccccc3)c(-c3ccccc3)s2)cc1. The molecule has 44 heavy (non-hydrogen) atoms. The van der Waals surface area contributed by atoms with Crippen LogP contribution in [0.15, 0.2) is 114 Å². The molecule has 0 spiro atoms. The Labute approximate surface area is 260 Å². The lowest BCUT2D eigenvalue weighted by atomic mass is 10.1. The first-order valence-corrected chi connectivity index (χ1v) is 15.1. The standard InChI is InChI=1S/C33H26F3N3O3S2/c34-33(35,36)44-27-17-15-26(16-18-27)39(21-22-11-13-25(14-12-22)31(42)37-20-19-28(40)41)32-38-29(23-7-3-1-4-8-23)30(43-32)24-9-5-2-6-10-24/h1-18H,19-21H2,(H,37,42)(H,40,41). The van der Waals surface area contributed by atoms with E-state index in [9.17, 15) is 22.8 Å². The Morgan fingerprint density at radius 3 is 2.05 bits per heavy atom. The number of nitrogens with zero attached hydrogens (tertiary/aromatic N) is 2. The lowest BCUT2D eigenvalue weighted by molar-refractivity contribution is -0.136. The van der Waals surface area contributed by atoms with Crippen molar-refractivity contribution in [1.29, 1.82) is 0 Å². The van der Waals surface area contributed by atoms with Gasteiger partial charge in [-0.15, -0.1) is 0 Å². The van der Waals surface area contributed by atoms with Crippen LogP contribution in [0.1, 0.15) is 22.3 Å². The van der Waals surface area contributed by atoms with E-state index in [2.05, 4.69) is 5.32 Å². The van der Waals surface area contributed by atoms with Gasteiger partial charge in [0.05, 0.1) is 23.5 Å². The van der Waals surface area contributed by atoms with Crippen LogP contribution in [-0.4, -0.2) is 34.0 Å². The summed E-state index contributed by atoms with van der Waals surface area (Å²) in [6, 6.07) is 32.7. The largest absolute Gasteiger partial charge is 0.481 e. The molecule has 0 fully saturated rings. The number of amides is 1.